The van der Waals surface area contributed by atoms with Gasteiger partial charge in [-0.1, -0.05) is 24.3 Å². The molecular formula is C25H30N2O5S2. The van der Waals surface area contributed by atoms with Crippen LogP contribution in [0.3, 0.4) is 0 Å². The number of hydrogen-bond donors (Lipinski definition) is 0. The van der Waals surface area contributed by atoms with Gasteiger partial charge in [-0.15, -0.1) is 0 Å². The molecule has 1 atom stereocenters. The summed E-state index contributed by atoms with van der Waals surface area (Å²) in [6.45, 7) is 3.24. The molecule has 182 valence electrons. The summed E-state index contributed by atoms with van der Waals surface area (Å²) >= 11 is 1.49. The maximum atomic E-state index is 13.3. The molecule has 4 rings (SSSR count). The number of thiazole rings is 1. The second kappa shape index (κ2) is 10.8. The van der Waals surface area contributed by atoms with Crippen LogP contribution in [-0.4, -0.2) is 51.4 Å². The van der Waals surface area contributed by atoms with Crippen molar-refractivity contribution in [3.05, 3.63) is 48.0 Å². The van der Waals surface area contributed by atoms with Crippen molar-refractivity contribution in [2.75, 3.05) is 30.9 Å². The van der Waals surface area contributed by atoms with E-state index in [1.807, 2.05) is 6.07 Å². The Morgan fingerprint density at radius 2 is 2.03 bits per heavy atom. The molecule has 0 radical (unpaired) electrons. The predicted octanol–water partition coefficient (Wildman–Crippen LogP) is 4.63. The normalized spacial score (nSPS) is 16.1. The van der Waals surface area contributed by atoms with Gasteiger partial charge in [0.2, 0.25) is 5.91 Å². The lowest BCUT2D eigenvalue weighted by molar-refractivity contribution is -0.119. The van der Waals surface area contributed by atoms with Gasteiger partial charge in [0, 0.05) is 13.0 Å². The van der Waals surface area contributed by atoms with Crippen LogP contribution < -0.4 is 9.64 Å². The van der Waals surface area contributed by atoms with Gasteiger partial charge in [0.15, 0.2) is 15.0 Å². The maximum Gasteiger partial charge on any atom is 0.228 e. The number of fused-ring (bicyclic) bond motifs is 1. The Labute approximate surface area is 204 Å². The summed E-state index contributed by atoms with van der Waals surface area (Å²) in [4.78, 5) is 19.9. The first kappa shape index (κ1) is 24.6. The molecule has 2 aromatic carbocycles. The molecule has 1 unspecified atom stereocenters. The Balaban J connectivity index is 1.47. The number of sulfone groups is 1. The zero-order valence-corrected chi connectivity index (χ0v) is 21.2. The summed E-state index contributed by atoms with van der Waals surface area (Å²) in [6, 6.07) is 12.5. The highest BCUT2D eigenvalue weighted by Crippen LogP contribution is 2.31. The van der Waals surface area contributed by atoms with E-state index in [9.17, 15) is 13.2 Å². The van der Waals surface area contributed by atoms with Crippen LogP contribution in [0.25, 0.3) is 10.2 Å². The second-order valence-electron chi connectivity index (χ2n) is 8.39. The van der Waals surface area contributed by atoms with Gasteiger partial charge >= 0.3 is 0 Å². The summed E-state index contributed by atoms with van der Waals surface area (Å²) in [5.41, 5.74) is 2.09. The number of methoxy groups -OCH3 is 1. The molecule has 0 spiro atoms. The van der Waals surface area contributed by atoms with Crippen LogP contribution in [-0.2, 0) is 25.8 Å². The summed E-state index contributed by atoms with van der Waals surface area (Å²) in [5, 5.41) is 0.641. The minimum absolute atomic E-state index is 0.0230. The number of nitrogens with zero attached hydrogens (tertiary/aromatic N) is 2. The molecule has 7 nitrogen and oxygen atoms in total. The molecule has 0 aliphatic carbocycles. The summed E-state index contributed by atoms with van der Waals surface area (Å²) in [5.74, 6) is 0.370. The van der Waals surface area contributed by atoms with E-state index in [4.69, 9.17) is 14.5 Å². The van der Waals surface area contributed by atoms with E-state index in [0.717, 1.165) is 29.5 Å². The van der Waals surface area contributed by atoms with Crippen LogP contribution in [0.4, 0.5) is 5.13 Å². The molecule has 1 amide bonds. The lowest BCUT2D eigenvalue weighted by Gasteiger charge is -2.23. The van der Waals surface area contributed by atoms with Crippen LogP contribution in [0.15, 0.2) is 47.4 Å². The third kappa shape index (κ3) is 5.76. The number of aromatic nitrogens is 1. The van der Waals surface area contributed by atoms with Crippen LogP contribution in [0.5, 0.6) is 5.75 Å². The summed E-state index contributed by atoms with van der Waals surface area (Å²) < 4.78 is 37.3. The smallest absolute Gasteiger partial charge is 0.228 e. The largest absolute Gasteiger partial charge is 0.497 e. The van der Waals surface area contributed by atoms with Crippen molar-refractivity contribution in [2.24, 2.45) is 0 Å². The Kier molecular flexibility index (Phi) is 7.85. The Morgan fingerprint density at radius 1 is 1.24 bits per heavy atom. The summed E-state index contributed by atoms with van der Waals surface area (Å²) in [7, 11) is -1.95. The lowest BCUT2D eigenvalue weighted by Crippen LogP contribution is -2.37. The quantitative estimate of drug-likeness (QED) is 0.402. The highest BCUT2D eigenvalue weighted by Gasteiger charge is 2.26. The maximum absolute atomic E-state index is 13.3. The number of aryl methyl sites for hydroxylation is 1. The molecule has 0 saturated carbocycles. The number of amides is 1. The Bertz CT molecular complexity index is 1230. The van der Waals surface area contributed by atoms with E-state index < -0.39 is 9.84 Å². The second-order valence-corrected chi connectivity index (χ2v) is 11.5. The van der Waals surface area contributed by atoms with Crippen molar-refractivity contribution in [1.29, 1.82) is 0 Å². The molecule has 1 aromatic heterocycles. The number of rotatable bonds is 10. The Hall–Kier alpha value is -2.49. The van der Waals surface area contributed by atoms with Gasteiger partial charge in [0.05, 0.1) is 40.6 Å². The van der Waals surface area contributed by atoms with Crippen molar-refractivity contribution in [3.8, 4) is 5.75 Å². The lowest BCUT2D eigenvalue weighted by atomic mass is 10.2. The number of benzene rings is 2. The minimum atomic E-state index is -3.49. The molecular weight excluding hydrogens is 472 g/mol. The van der Waals surface area contributed by atoms with Gasteiger partial charge in [0.25, 0.3) is 0 Å². The van der Waals surface area contributed by atoms with Gasteiger partial charge in [-0.2, -0.15) is 0 Å². The van der Waals surface area contributed by atoms with Crippen molar-refractivity contribution >= 4 is 42.4 Å². The molecule has 1 aliphatic rings. The monoisotopic (exact) mass is 502 g/mol. The average molecular weight is 503 g/mol. The number of carbonyl (C=O) groups excluding carboxylic acids is 1. The highest BCUT2D eigenvalue weighted by molar-refractivity contribution is 7.91. The van der Waals surface area contributed by atoms with Crippen LogP contribution in [0.2, 0.25) is 0 Å². The van der Waals surface area contributed by atoms with Crippen molar-refractivity contribution in [2.45, 2.75) is 50.0 Å². The minimum Gasteiger partial charge on any atom is -0.497 e. The first-order valence-electron chi connectivity index (χ1n) is 11.6. The van der Waals surface area contributed by atoms with E-state index in [2.05, 4.69) is 19.1 Å². The zero-order chi connectivity index (χ0) is 24.1. The molecule has 0 bridgehead atoms. The predicted molar refractivity (Wildman–Crippen MR) is 135 cm³/mol. The van der Waals surface area contributed by atoms with Crippen molar-refractivity contribution < 1.29 is 22.7 Å². The van der Waals surface area contributed by atoms with E-state index in [1.165, 1.54) is 36.1 Å². The fraction of sp³-hybridized carbons (Fsp3) is 0.440. The fourth-order valence-electron chi connectivity index (χ4n) is 4.02. The SMILES string of the molecule is CCc1ccc2nc(N(CC3CCCO3)C(=O)CCCS(=O)(=O)c3ccc(OC)cc3)sc2c1. The molecule has 2 heterocycles. The number of carbonyl (C=O) groups is 1. The van der Waals surface area contributed by atoms with Crippen molar-refractivity contribution in [3.63, 3.8) is 0 Å². The van der Waals surface area contributed by atoms with Crippen molar-refractivity contribution in [1.82, 2.24) is 4.98 Å². The fourth-order valence-corrected chi connectivity index (χ4v) is 6.39. The number of anilines is 1. The molecule has 34 heavy (non-hydrogen) atoms. The van der Waals surface area contributed by atoms with Gasteiger partial charge in [0.1, 0.15) is 5.75 Å². The van der Waals surface area contributed by atoms with Gasteiger partial charge in [-0.25, -0.2) is 13.4 Å². The van der Waals surface area contributed by atoms with Crippen LogP contribution in [0, 0.1) is 0 Å². The Morgan fingerprint density at radius 3 is 2.71 bits per heavy atom. The van der Waals surface area contributed by atoms with E-state index >= 15 is 0 Å². The molecule has 3 aromatic rings. The van der Waals surface area contributed by atoms with E-state index in [1.54, 1.807) is 17.0 Å². The molecule has 1 saturated heterocycles. The molecule has 1 aliphatic heterocycles. The van der Waals surface area contributed by atoms with Crippen LogP contribution in [0.1, 0.15) is 38.2 Å². The molecule has 0 N–H and O–H groups in total. The third-order valence-electron chi connectivity index (χ3n) is 6.01. The first-order valence-corrected chi connectivity index (χ1v) is 14.0. The highest BCUT2D eigenvalue weighted by atomic mass is 32.2. The third-order valence-corrected chi connectivity index (χ3v) is 8.87. The molecule has 9 heteroatoms. The molecule has 1 fully saturated rings. The van der Waals surface area contributed by atoms with E-state index in [-0.39, 0.29) is 35.5 Å². The topological polar surface area (TPSA) is 85.8 Å². The number of hydrogen-bond acceptors (Lipinski definition) is 7. The van der Waals surface area contributed by atoms with Gasteiger partial charge in [-0.3, -0.25) is 9.69 Å². The standard InChI is InChI=1S/C25H30N2O5S2/c1-3-18-8-13-22-23(16-18)33-25(26-22)27(17-20-6-4-14-32-20)24(28)7-5-15-34(29,30)21-11-9-19(31-2)10-12-21/h8-13,16,20H,3-7,14-15,17H2,1-2H3. The van der Waals surface area contributed by atoms with Crippen LogP contribution >= 0.6 is 11.3 Å². The zero-order valence-electron chi connectivity index (χ0n) is 19.5. The average Bonchev–Trinajstić information content (AvgIpc) is 3.51. The number of ether oxygens (including phenoxy) is 2. The van der Waals surface area contributed by atoms with Gasteiger partial charge < -0.3 is 9.47 Å². The summed E-state index contributed by atoms with van der Waals surface area (Å²) in [6.07, 6.45) is 3.15. The first-order chi connectivity index (χ1) is 16.4. The van der Waals surface area contributed by atoms with Gasteiger partial charge in [-0.05, 0) is 67.6 Å². The van der Waals surface area contributed by atoms with E-state index in [0.29, 0.717) is 24.0 Å².